The molecule has 0 aliphatic heterocycles. The Labute approximate surface area is 90.4 Å². The minimum atomic E-state index is 0.695. The molecule has 3 heteroatoms. The van der Waals surface area contributed by atoms with E-state index < -0.39 is 0 Å². The van der Waals surface area contributed by atoms with Crippen LogP contribution in [0.4, 0.5) is 0 Å². The molecule has 3 nitrogen and oxygen atoms in total. The Balaban J connectivity index is 2.93. The van der Waals surface area contributed by atoms with Gasteiger partial charge in [0.05, 0.1) is 0 Å². The van der Waals surface area contributed by atoms with Crippen molar-refractivity contribution in [2.45, 2.75) is 13.8 Å². The zero-order valence-corrected chi connectivity index (χ0v) is 9.18. The molecule has 0 radical (unpaired) electrons. The number of nitrogens with zero attached hydrogens (tertiary/aromatic N) is 2. The van der Waals surface area contributed by atoms with Gasteiger partial charge in [0, 0.05) is 37.3 Å². The third-order valence-corrected chi connectivity index (χ3v) is 2.27. The highest BCUT2D eigenvalue weighted by Gasteiger charge is 2.01. The van der Waals surface area contributed by atoms with Gasteiger partial charge in [0.2, 0.25) is 0 Å². The summed E-state index contributed by atoms with van der Waals surface area (Å²) in [6.45, 7) is 5.93. The van der Waals surface area contributed by atoms with E-state index >= 15 is 0 Å². The van der Waals surface area contributed by atoms with Crippen molar-refractivity contribution in [2.24, 2.45) is 0 Å². The van der Waals surface area contributed by atoms with Crippen LogP contribution in [-0.4, -0.2) is 29.3 Å². The summed E-state index contributed by atoms with van der Waals surface area (Å²) in [7, 11) is 0. The van der Waals surface area contributed by atoms with Crippen LogP contribution in [0.1, 0.15) is 19.4 Å². The maximum atomic E-state index is 11.0. The molecule has 0 saturated carbocycles. The van der Waals surface area contributed by atoms with Gasteiger partial charge < -0.3 is 4.90 Å². The van der Waals surface area contributed by atoms with E-state index in [0.29, 0.717) is 5.57 Å². The fraction of sp³-hybridized carbons (Fsp3) is 0.333. The first kappa shape index (κ1) is 11.4. The molecule has 0 fully saturated rings. The van der Waals surface area contributed by atoms with Crippen molar-refractivity contribution >= 4 is 11.9 Å². The lowest BCUT2D eigenvalue weighted by Gasteiger charge is -2.16. The fourth-order valence-electron chi connectivity index (χ4n) is 1.32. The van der Waals surface area contributed by atoms with Crippen molar-refractivity contribution in [2.75, 3.05) is 13.1 Å². The Morgan fingerprint density at radius 3 is 2.40 bits per heavy atom. The highest BCUT2D eigenvalue weighted by Crippen LogP contribution is 2.11. The van der Waals surface area contributed by atoms with Crippen LogP contribution < -0.4 is 0 Å². The largest absolute Gasteiger partial charge is 0.377 e. The standard InChI is InChI=1S/C12H16N2O/c1-3-14(4-2)9-12(10-15)11-5-7-13-8-6-11/h5-10H,3-4H2,1-2H3/b12-9+. The van der Waals surface area contributed by atoms with E-state index in [0.717, 1.165) is 24.9 Å². The Bertz CT molecular complexity index is 329. The lowest BCUT2D eigenvalue weighted by molar-refractivity contribution is -0.103. The number of pyridine rings is 1. The quantitative estimate of drug-likeness (QED) is 0.543. The monoisotopic (exact) mass is 204 g/mol. The minimum Gasteiger partial charge on any atom is -0.377 e. The van der Waals surface area contributed by atoms with E-state index in [-0.39, 0.29) is 0 Å². The lowest BCUT2D eigenvalue weighted by atomic mass is 10.1. The molecule has 80 valence electrons. The molecule has 0 aliphatic rings. The average Bonchev–Trinajstić information content (AvgIpc) is 2.32. The van der Waals surface area contributed by atoms with Crippen molar-refractivity contribution in [1.82, 2.24) is 9.88 Å². The van der Waals surface area contributed by atoms with Gasteiger partial charge in [0.15, 0.2) is 6.29 Å². The van der Waals surface area contributed by atoms with E-state index in [4.69, 9.17) is 0 Å². The number of carbonyl (C=O) groups excluding carboxylic acids is 1. The molecule has 1 heterocycles. The molecule has 0 aromatic carbocycles. The highest BCUT2D eigenvalue weighted by atomic mass is 16.1. The first-order valence-electron chi connectivity index (χ1n) is 5.13. The zero-order valence-electron chi connectivity index (χ0n) is 9.18. The molecule has 15 heavy (non-hydrogen) atoms. The van der Waals surface area contributed by atoms with Gasteiger partial charge in [-0.3, -0.25) is 9.78 Å². The second-order valence-electron chi connectivity index (χ2n) is 3.16. The first-order valence-corrected chi connectivity index (χ1v) is 5.13. The number of carbonyl (C=O) groups is 1. The number of hydrogen-bond donors (Lipinski definition) is 0. The van der Waals surface area contributed by atoms with Gasteiger partial charge in [-0.15, -0.1) is 0 Å². The zero-order chi connectivity index (χ0) is 11.1. The molecule has 0 bridgehead atoms. The smallest absolute Gasteiger partial charge is 0.152 e. The maximum absolute atomic E-state index is 11.0. The summed E-state index contributed by atoms with van der Waals surface area (Å²) >= 11 is 0. The molecular formula is C12H16N2O. The molecule has 0 aliphatic carbocycles. The summed E-state index contributed by atoms with van der Waals surface area (Å²) in [5, 5.41) is 0. The third-order valence-electron chi connectivity index (χ3n) is 2.27. The van der Waals surface area contributed by atoms with Crippen LogP contribution in [0.15, 0.2) is 30.7 Å². The average molecular weight is 204 g/mol. The van der Waals surface area contributed by atoms with Crippen molar-refractivity contribution in [3.8, 4) is 0 Å². The van der Waals surface area contributed by atoms with E-state index in [2.05, 4.69) is 23.7 Å². The summed E-state index contributed by atoms with van der Waals surface area (Å²) in [5.41, 5.74) is 1.60. The second kappa shape index (κ2) is 5.96. The third kappa shape index (κ3) is 3.20. The second-order valence-corrected chi connectivity index (χ2v) is 3.16. The van der Waals surface area contributed by atoms with Crippen molar-refractivity contribution in [1.29, 1.82) is 0 Å². The van der Waals surface area contributed by atoms with Gasteiger partial charge in [-0.25, -0.2) is 0 Å². The van der Waals surface area contributed by atoms with E-state index in [1.807, 2.05) is 18.3 Å². The molecule has 1 rings (SSSR count). The molecule has 0 spiro atoms. The van der Waals surface area contributed by atoms with Crippen LogP contribution in [0.5, 0.6) is 0 Å². The van der Waals surface area contributed by atoms with Gasteiger partial charge >= 0.3 is 0 Å². The van der Waals surface area contributed by atoms with E-state index in [1.54, 1.807) is 12.4 Å². The van der Waals surface area contributed by atoms with Gasteiger partial charge in [0.1, 0.15) is 0 Å². The predicted octanol–water partition coefficient (Wildman–Crippen LogP) is 1.96. The Hall–Kier alpha value is -1.64. The summed E-state index contributed by atoms with van der Waals surface area (Å²) in [5.74, 6) is 0. The van der Waals surface area contributed by atoms with Gasteiger partial charge in [-0.2, -0.15) is 0 Å². The van der Waals surface area contributed by atoms with Crippen molar-refractivity contribution < 1.29 is 4.79 Å². The van der Waals surface area contributed by atoms with Crippen molar-refractivity contribution in [3.05, 3.63) is 36.3 Å². The molecule has 0 atom stereocenters. The number of aromatic nitrogens is 1. The minimum absolute atomic E-state index is 0.695. The van der Waals surface area contributed by atoms with Gasteiger partial charge in [-0.1, -0.05) is 0 Å². The van der Waals surface area contributed by atoms with E-state index in [9.17, 15) is 4.79 Å². The summed E-state index contributed by atoms with van der Waals surface area (Å²) in [6.07, 6.45) is 6.15. The van der Waals surface area contributed by atoms with Crippen LogP contribution in [0.25, 0.3) is 5.57 Å². The summed E-state index contributed by atoms with van der Waals surface area (Å²) in [4.78, 5) is 17.0. The highest BCUT2D eigenvalue weighted by molar-refractivity contribution is 6.06. The van der Waals surface area contributed by atoms with Crippen LogP contribution in [0.2, 0.25) is 0 Å². The molecule has 0 unspecified atom stereocenters. The molecule has 0 N–H and O–H groups in total. The van der Waals surface area contributed by atoms with Crippen LogP contribution in [0.3, 0.4) is 0 Å². The number of rotatable bonds is 5. The molecule has 0 saturated heterocycles. The molecular weight excluding hydrogens is 188 g/mol. The van der Waals surface area contributed by atoms with Crippen molar-refractivity contribution in [3.63, 3.8) is 0 Å². The predicted molar refractivity (Wildman–Crippen MR) is 61.2 cm³/mol. The number of hydrogen-bond acceptors (Lipinski definition) is 3. The topological polar surface area (TPSA) is 33.2 Å². The molecule has 1 aromatic rings. The Morgan fingerprint density at radius 1 is 1.33 bits per heavy atom. The van der Waals surface area contributed by atoms with Crippen LogP contribution >= 0.6 is 0 Å². The SMILES string of the molecule is CCN(/C=C(\C=O)c1ccncc1)CC. The van der Waals surface area contributed by atoms with E-state index in [1.165, 1.54) is 0 Å². The fourth-order valence-corrected chi connectivity index (χ4v) is 1.32. The molecule has 1 aromatic heterocycles. The summed E-state index contributed by atoms with van der Waals surface area (Å²) < 4.78 is 0. The Kier molecular flexibility index (Phi) is 4.54. The maximum Gasteiger partial charge on any atom is 0.152 e. The number of allylic oxidation sites excluding steroid dienone is 1. The van der Waals surface area contributed by atoms with Gasteiger partial charge in [-0.05, 0) is 31.5 Å². The van der Waals surface area contributed by atoms with Crippen LogP contribution in [-0.2, 0) is 4.79 Å². The normalized spacial score (nSPS) is 11.2. The Morgan fingerprint density at radius 2 is 1.93 bits per heavy atom. The summed E-state index contributed by atoms with van der Waals surface area (Å²) in [6, 6.07) is 3.67. The molecule has 0 amide bonds. The lowest BCUT2D eigenvalue weighted by Crippen LogP contribution is -2.16. The van der Waals surface area contributed by atoms with Crippen LogP contribution in [0, 0.1) is 0 Å². The number of aldehydes is 1. The first-order chi connectivity index (χ1) is 7.31. The van der Waals surface area contributed by atoms with Gasteiger partial charge in [0.25, 0.3) is 0 Å².